The van der Waals surface area contributed by atoms with Crippen LogP contribution in [0.2, 0.25) is 0 Å². The average molecular weight is 620 g/mol. The third-order valence-electron chi connectivity index (χ3n) is 7.78. The van der Waals surface area contributed by atoms with Crippen molar-refractivity contribution in [3.63, 3.8) is 0 Å². The molecular weight excluding hydrogens is 584 g/mol. The number of hydrogen-bond donors (Lipinski definition) is 0. The Morgan fingerprint density at radius 2 is 1.29 bits per heavy atom. The summed E-state index contributed by atoms with van der Waals surface area (Å²) in [5, 5.41) is 2.08. The van der Waals surface area contributed by atoms with Gasteiger partial charge in [0, 0.05) is 16.3 Å². The van der Waals surface area contributed by atoms with E-state index in [0.717, 1.165) is 66.1 Å². The molecule has 0 N–H and O–H groups in total. The van der Waals surface area contributed by atoms with Gasteiger partial charge in [0.25, 0.3) is 0 Å². The van der Waals surface area contributed by atoms with Crippen LogP contribution in [0.5, 0.6) is 5.75 Å². The van der Waals surface area contributed by atoms with Gasteiger partial charge in [-0.05, 0) is 91.5 Å². The van der Waals surface area contributed by atoms with Crippen LogP contribution in [0.15, 0.2) is 93.9 Å². The van der Waals surface area contributed by atoms with Crippen molar-refractivity contribution >= 4 is 37.9 Å². The Morgan fingerprint density at radius 1 is 0.619 bits per heavy atom. The Balaban J connectivity index is 1.64. The maximum absolute atomic E-state index is 6.26. The zero-order valence-corrected chi connectivity index (χ0v) is 26.8. The van der Waals surface area contributed by atoms with Crippen LogP contribution in [0.3, 0.4) is 0 Å². The van der Waals surface area contributed by atoms with E-state index in [-0.39, 0.29) is 10.8 Å². The van der Waals surface area contributed by atoms with Crippen LogP contribution in [0.4, 0.5) is 0 Å². The SMILES string of the molecule is COc1cc2c(cc1-c1cc(-c3cc(C(C)(C)C)cc(C(C)(C)C)c3)cc(-c3cccc(Br)n3)n1)oc1ccccc12. The second kappa shape index (κ2) is 10.4. The number of rotatable bonds is 4. The highest BCUT2D eigenvalue weighted by atomic mass is 79.9. The molecule has 5 heteroatoms. The minimum Gasteiger partial charge on any atom is -0.496 e. The van der Waals surface area contributed by atoms with Gasteiger partial charge < -0.3 is 9.15 Å². The van der Waals surface area contributed by atoms with Crippen molar-refractivity contribution in [2.45, 2.75) is 52.4 Å². The summed E-state index contributed by atoms with van der Waals surface area (Å²) in [5.74, 6) is 0.741. The Morgan fingerprint density at radius 3 is 1.95 bits per heavy atom. The normalized spacial score (nSPS) is 12.3. The van der Waals surface area contributed by atoms with Crippen LogP contribution in [0.1, 0.15) is 52.7 Å². The van der Waals surface area contributed by atoms with Crippen LogP contribution in [0.25, 0.3) is 55.7 Å². The van der Waals surface area contributed by atoms with E-state index in [1.165, 1.54) is 11.1 Å². The van der Waals surface area contributed by atoms with Gasteiger partial charge in [-0.15, -0.1) is 0 Å². The number of fused-ring (bicyclic) bond motifs is 3. The first-order chi connectivity index (χ1) is 19.9. The highest BCUT2D eigenvalue weighted by molar-refractivity contribution is 9.10. The van der Waals surface area contributed by atoms with Crippen molar-refractivity contribution in [2.24, 2.45) is 0 Å². The van der Waals surface area contributed by atoms with Crippen molar-refractivity contribution in [3.05, 3.63) is 101 Å². The number of methoxy groups -OCH3 is 1. The van der Waals surface area contributed by atoms with Crippen LogP contribution >= 0.6 is 15.9 Å². The Hall–Kier alpha value is -3.96. The number of aromatic nitrogens is 2. The van der Waals surface area contributed by atoms with E-state index in [1.54, 1.807) is 7.11 Å². The first-order valence-corrected chi connectivity index (χ1v) is 15.0. The molecule has 0 atom stereocenters. The summed E-state index contributed by atoms with van der Waals surface area (Å²) < 4.78 is 13.0. The molecule has 0 fully saturated rings. The van der Waals surface area contributed by atoms with E-state index < -0.39 is 0 Å². The Bertz CT molecular complexity index is 1930. The van der Waals surface area contributed by atoms with E-state index >= 15 is 0 Å². The number of pyridine rings is 2. The smallest absolute Gasteiger partial charge is 0.136 e. The predicted molar refractivity (Wildman–Crippen MR) is 177 cm³/mol. The predicted octanol–water partition coefficient (Wildman–Crippen LogP) is 10.7. The van der Waals surface area contributed by atoms with Crippen molar-refractivity contribution in [1.29, 1.82) is 0 Å². The highest BCUT2D eigenvalue weighted by Crippen LogP contribution is 2.41. The molecule has 0 aliphatic carbocycles. The zero-order chi connectivity index (χ0) is 29.8. The summed E-state index contributed by atoms with van der Waals surface area (Å²) in [6, 6.07) is 29.4. The number of benzene rings is 3. The van der Waals surface area contributed by atoms with Gasteiger partial charge in [-0.1, -0.05) is 84.0 Å². The second-order valence-corrected chi connectivity index (χ2v) is 13.7. The van der Waals surface area contributed by atoms with Gasteiger partial charge in [-0.3, -0.25) is 0 Å². The molecule has 0 saturated heterocycles. The molecule has 3 aromatic carbocycles. The minimum atomic E-state index is -0.00387. The molecule has 42 heavy (non-hydrogen) atoms. The highest BCUT2D eigenvalue weighted by Gasteiger charge is 2.22. The van der Waals surface area contributed by atoms with Crippen molar-refractivity contribution in [3.8, 4) is 39.5 Å². The topological polar surface area (TPSA) is 48.2 Å². The van der Waals surface area contributed by atoms with Gasteiger partial charge in [-0.25, -0.2) is 9.97 Å². The van der Waals surface area contributed by atoms with Crippen LogP contribution in [0, 0.1) is 0 Å². The number of nitrogens with zero attached hydrogens (tertiary/aromatic N) is 2. The molecule has 0 aliphatic rings. The molecule has 6 rings (SSSR count). The molecule has 3 heterocycles. The molecule has 212 valence electrons. The summed E-state index contributed by atoms with van der Waals surface area (Å²) in [5.41, 5.74) is 9.69. The molecule has 4 nitrogen and oxygen atoms in total. The molecule has 6 aromatic rings. The Labute approximate surface area is 255 Å². The molecule has 0 bridgehead atoms. The number of para-hydroxylation sites is 1. The Kier molecular flexibility index (Phi) is 6.97. The van der Waals surface area contributed by atoms with Gasteiger partial charge in [0.1, 0.15) is 21.5 Å². The molecule has 0 saturated carbocycles. The summed E-state index contributed by atoms with van der Waals surface area (Å²) in [7, 11) is 1.70. The van der Waals surface area contributed by atoms with Gasteiger partial charge in [0.2, 0.25) is 0 Å². The lowest BCUT2D eigenvalue weighted by molar-refractivity contribution is 0.417. The van der Waals surface area contributed by atoms with Gasteiger partial charge >= 0.3 is 0 Å². The minimum absolute atomic E-state index is 0.00387. The van der Waals surface area contributed by atoms with E-state index in [2.05, 4.69) is 99.9 Å². The quantitative estimate of drug-likeness (QED) is 0.184. The molecule has 0 amide bonds. The second-order valence-electron chi connectivity index (χ2n) is 12.9. The van der Waals surface area contributed by atoms with Gasteiger partial charge in [0.15, 0.2) is 0 Å². The van der Waals surface area contributed by atoms with E-state index in [9.17, 15) is 0 Å². The van der Waals surface area contributed by atoms with E-state index in [1.807, 2.05) is 42.5 Å². The van der Waals surface area contributed by atoms with Crippen molar-refractivity contribution in [2.75, 3.05) is 7.11 Å². The lowest BCUT2D eigenvalue weighted by atomic mass is 9.79. The fourth-order valence-electron chi connectivity index (χ4n) is 5.30. The van der Waals surface area contributed by atoms with Gasteiger partial charge in [-0.2, -0.15) is 0 Å². The molecular formula is C37H35BrN2O2. The summed E-state index contributed by atoms with van der Waals surface area (Å²) in [6.45, 7) is 13.6. The molecule has 0 unspecified atom stereocenters. The third-order valence-corrected chi connectivity index (χ3v) is 8.22. The monoisotopic (exact) mass is 618 g/mol. The first-order valence-electron chi connectivity index (χ1n) is 14.2. The van der Waals surface area contributed by atoms with Crippen LogP contribution in [-0.2, 0) is 10.8 Å². The van der Waals surface area contributed by atoms with Crippen LogP contribution < -0.4 is 4.74 Å². The molecule has 0 aliphatic heterocycles. The fraction of sp³-hybridized carbons (Fsp3) is 0.243. The number of hydrogen-bond acceptors (Lipinski definition) is 4. The maximum atomic E-state index is 6.26. The molecule has 3 aromatic heterocycles. The average Bonchev–Trinajstić information content (AvgIpc) is 3.32. The third kappa shape index (κ3) is 5.34. The van der Waals surface area contributed by atoms with E-state index in [4.69, 9.17) is 19.1 Å². The summed E-state index contributed by atoms with van der Waals surface area (Å²) >= 11 is 3.54. The fourth-order valence-corrected chi connectivity index (χ4v) is 5.64. The number of halogens is 1. The zero-order valence-electron chi connectivity index (χ0n) is 25.2. The molecule has 0 spiro atoms. The standard InChI is InChI=1S/C37H35BrN2O2/c1-36(2,3)24-15-22(16-25(19-24)37(4,5)6)23-17-30(39-31(18-23)29-12-10-14-35(38)40-29)28-21-34-27(20-33(28)41-7)26-11-8-9-13-32(26)42-34/h8-21H,1-7H3. The first kappa shape index (κ1) is 28.2. The van der Waals surface area contributed by atoms with Crippen LogP contribution in [-0.4, -0.2) is 17.1 Å². The van der Waals surface area contributed by atoms with Gasteiger partial charge in [0.05, 0.1) is 24.2 Å². The maximum Gasteiger partial charge on any atom is 0.136 e. The van der Waals surface area contributed by atoms with E-state index in [0.29, 0.717) is 0 Å². The van der Waals surface area contributed by atoms with Crippen molar-refractivity contribution in [1.82, 2.24) is 9.97 Å². The summed E-state index contributed by atoms with van der Waals surface area (Å²) in [6.07, 6.45) is 0. The molecule has 0 radical (unpaired) electrons. The number of ether oxygens (including phenoxy) is 1. The lowest BCUT2D eigenvalue weighted by Crippen LogP contribution is -2.16. The van der Waals surface area contributed by atoms with Crippen molar-refractivity contribution < 1.29 is 9.15 Å². The number of furan rings is 1. The lowest BCUT2D eigenvalue weighted by Gasteiger charge is -2.26. The largest absolute Gasteiger partial charge is 0.496 e. The summed E-state index contributed by atoms with van der Waals surface area (Å²) in [4.78, 5) is 9.90.